The van der Waals surface area contributed by atoms with Gasteiger partial charge in [0.2, 0.25) is 11.8 Å². The molecule has 25 heavy (non-hydrogen) atoms. The van der Waals surface area contributed by atoms with Gasteiger partial charge in [-0.15, -0.1) is 0 Å². The molecule has 0 saturated heterocycles. The predicted octanol–water partition coefficient (Wildman–Crippen LogP) is 2.12. The van der Waals surface area contributed by atoms with Crippen LogP contribution >= 0.6 is 11.6 Å². The van der Waals surface area contributed by atoms with E-state index in [1.807, 2.05) is 0 Å². The van der Waals surface area contributed by atoms with Gasteiger partial charge < -0.3 is 21.1 Å². The number of carbonyl (C=O) groups is 3. The molecule has 1 atom stereocenters. The zero-order chi connectivity index (χ0) is 18.0. The number of phenols is 1. The van der Waals surface area contributed by atoms with E-state index in [1.165, 1.54) is 18.2 Å². The Bertz CT molecular complexity index is 869. The van der Waals surface area contributed by atoms with Gasteiger partial charge in [-0.25, -0.2) is 0 Å². The highest BCUT2D eigenvalue weighted by molar-refractivity contribution is 6.31. The van der Waals surface area contributed by atoms with Gasteiger partial charge in [0.15, 0.2) is 0 Å². The summed E-state index contributed by atoms with van der Waals surface area (Å²) in [6.45, 7) is 0. The Morgan fingerprint density at radius 3 is 2.76 bits per heavy atom. The van der Waals surface area contributed by atoms with E-state index in [9.17, 15) is 19.5 Å². The number of phenolic OH excluding ortho intramolecular Hbond substituents is 1. The first-order chi connectivity index (χ1) is 11.9. The minimum Gasteiger partial charge on any atom is -0.506 e. The number of hydrogen-bond donors (Lipinski definition) is 4. The standard InChI is InChI=1S/C17H14ClN3O4/c18-9-5-6-14(22)12(7-9)19-15(23)8-13-17(25)20-11-4-2-1-3-10(11)16(24)21-13/h1-7,13,22H,8H2,(H,19,23)(H,20,25)(H,21,24). The Labute approximate surface area is 148 Å². The molecule has 4 N–H and O–H groups in total. The zero-order valence-electron chi connectivity index (χ0n) is 12.9. The van der Waals surface area contributed by atoms with Crippen LogP contribution in [0.15, 0.2) is 42.5 Å². The molecule has 0 bridgehead atoms. The van der Waals surface area contributed by atoms with Crippen LogP contribution in [-0.2, 0) is 9.59 Å². The van der Waals surface area contributed by atoms with Gasteiger partial charge in [-0.3, -0.25) is 14.4 Å². The normalized spacial score (nSPS) is 16.3. The molecule has 128 valence electrons. The summed E-state index contributed by atoms with van der Waals surface area (Å²) < 4.78 is 0. The Morgan fingerprint density at radius 2 is 1.96 bits per heavy atom. The first kappa shape index (κ1) is 16.8. The third-order valence-corrected chi connectivity index (χ3v) is 3.91. The summed E-state index contributed by atoms with van der Waals surface area (Å²) >= 11 is 5.82. The Balaban J connectivity index is 1.72. The number of fused-ring (bicyclic) bond motifs is 1. The van der Waals surface area contributed by atoms with Crippen molar-refractivity contribution in [2.75, 3.05) is 10.6 Å². The molecular formula is C17H14ClN3O4. The van der Waals surface area contributed by atoms with Gasteiger partial charge in [-0.2, -0.15) is 0 Å². The first-order valence-electron chi connectivity index (χ1n) is 7.43. The van der Waals surface area contributed by atoms with Crippen LogP contribution < -0.4 is 16.0 Å². The molecule has 0 aliphatic carbocycles. The summed E-state index contributed by atoms with van der Waals surface area (Å²) in [5.74, 6) is -1.65. The van der Waals surface area contributed by atoms with Crippen LogP contribution in [0.2, 0.25) is 5.02 Å². The van der Waals surface area contributed by atoms with E-state index in [1.54, 1.807) is 24.3 Å². The number of anilines is 2. The van der Waals surface area contributed by atoms with E-state index in [0.29, 0.717) is 16.3 Å². The number of amides is 3. The van der Waals surface area contributed by atoms with E-state index in [0.717, 1.165) is 0 Å². The number of aromatic hydroxyl groups is 1. The number of carbonyl (C=O) groups excluding carboxylic acids is 3. The van der Waals surface area contributed by atoms with Crippen LogP contribution in [0, 0.1) is 0 Å². The lowest BCUT2D eigenvalue weighted by Crippen LogP contribution is -2.43. The average molecular weight is 360 g/mol. The SMILES string of the molecule is O=C(CC1NC(=O)c2ccccc2NC1=O)Nc1cc(Cl)ccc1O. The molecular weight excluding hydrogens is 346 g/mol. The molecule has 0 fully saturated rings. The Morgan fingerprint density at radius 1 is 1.20 bits per heavy atom. The van der Waals surface area contributed by atoms with Crippen molar-refractivity contribution >= 4 is 40.7 Å². The second-order valence-corrected chi connectivity index (χ2v) is 5.91. The molecule has 1 heterocycles. The van der Waals surface area contributed by atoms with Gasteiger partial charge >= 0.3 is 0 Å². The van der Waals surface area contributed by atoms with Crippen molar-refractivity contribution in [2.45, 2.75) is 12.5 Å². The highest BCUT2D eigenvalue weighted by Crippen LogP contribution is 2.27. The Kier molecular flexibility index (Phi) is 4.58. The lowest BCUT2D eigenvalue weighted by atomic mass is 10.1. The lowest BCUT2D eigenvalue weighted by molar-refractivity contribution is -0.122. The molecule has 0 aromatic heterocycles. The van der Waals surface area contributed by atoms with Crippen molar-refractivity contribution in [2.24, 2.45) is 0 Å². The van der Waals surface area contributed by atoms with E-state index in [4.69, 9.17) is 11.6 Å². The third kappa shape index (κ3) is 3.72. The fourth-order valence-corrected chi connectivity index (χ4v) is 2.62. The molecule has 0 radical (unpaired) electrons. The predicted molar refractivity (Wildman–Crippen MR) is 92.7 cm³/mol. The molecule has 8 heteroatoms. The summed E-state index contributed by atoms with van der Waals surface area (Å²) in [5.41, 5.74) is 0.841. The number of halogens is 1. The van der Waals surface area contributed by atoms with E-state index in [-0.39, 0.29) is 17.9 Å². The Hall–Kier alpha value is -3.06. The quantitative estimate of drug-likeness (QED) is 0.629. The summed E-state index contributed by atoms with van der Waals surface area (Å²) in [6, 6.07) is 9.73. The monoisotopic (exact) mass is 359 g/mol. The zero-order valence-corrected chi connectivity index (χ0v) is 13.6. The highest BCUT2D eigenvalue weighted by atomic mass is 35.5. The van der Waals surface area contributed by atoms with Crippen molar-refractivity contribution < 1.29 is 19.5 Å². The van der Waals surface area contributed by atoms with Gasteiger partial charge in [-0.1, -0.05) is 23.7 Å². The van der Waals surface area contributed by atoms with Crippen LogP contribution in [0.3, 0.4) is 0 Å². The molecule has 3 amide bonds. The maximum Gasteiger partial charge on any atom is 0.254 e. The van der Waals surface area contributed by atoms with Gasteiger partial charge in [0.05, 0.1) is 23.4 Å². The van der Waals surface area contributed by atoms with Crippen LogP contribution in [0.4, 0.5) is 11.4 Å². The first-order valence-corrected chi connectivity index (χ1v) is 7.81. The number of benzene rings is 2. The van der Waals surface area contributed by atoms with Gasteiger partial charge in [0.25, 0.3) is 5.91 Å². The largest absolute Gasteiger partial charge is 0.506 e. The van der Waals surface area contributed by atoms with Crippen molar-refractivity contribution in [1.29, 1.82) is 0 Å². The smallest absolute Gasteiger partial charge is 0.254 e. The minimum atomic E-state index is -1.04. The molecule has 2 aromatic rings. The second-order valence-electron chi connectivity index (χ2n) is 5.47. The van der Waals surface area contributed by atoms with Gasteiger partial charge in [-0.05, 0) is 30.3 Å². The summed E-state index contributed by atoms with van der Waals surface area (Å²) in [4.78, 5) is 36.6. The van der Waals surface area contributed by atoms with Gasteiger partial charge in [0.1, 0.15) is 11.8 Å². The second kappa shape index (κ2) is 6.82. The number of nitrogens with one attached hydrogen (secondary N) is 3. The van der Waals surface area contributed by atoms with Crippen LogP contribution in [0.25, 0.3) is 0 Å². The molecule has 1 unspecified atom stereocenters. The maximum absolute atomic E-state index is 12.3. The fourth-order valence-electron chi connectivity index (χ4n) is 2.45. The topological polar surface area (TPSA) is 108 Å². The maximum atomic E-state index is 12.3. The van der Waals surface area contributed by atoms with Crippen molar-refractivity contribution in [3.63, 3.8) is 0 Å². The fraction of sp³-hybridized carbons (Fsp3) is 0.118. The van der Waals surface area contributed by atoms with Crippen molar-refractivity contribution in [1.82, 2.24) is 5.32 Å². The molecule has 1 aliphatic heterocycles. The molecule has 1 aliphatic rings. The molecule has 0 spiro atoms. The molecule has 2 aromatic carbocycles. The van der Waals surface area contributed by atoms with Crippen molar-refractivity contribution in [3.05, 3.63) is 53.1 Å². The van der Waals surface area contributed by atoms with Crippen LogP contribution in [0.5, 0.6) is 5.75 Å². The number of para-hydroxylation sites is 1. The molecule has 7 nitrogen and oxygen atoms in total. The van der Waals surface area contributed by atoms with E-state index in [2.05, 4.69) is 16.0 Å². The lowest BCUT2D eigenvalue weighted by Gasteiger charge is -2.15. The molecule has 3 rings (SSSR count). The van der Waals surface area contributed by atoms with Crippen LogP contribution in [0.1, 0.15) is 16.8 Å². The summed E-state index contributed by atoms with van der Waals surface area (Å²) in [5, 5.41) is 17.7. The van der Waals surface area contributed by atoms with E-state index >= 15 is 0 Å². The van der Waals surface area contributed by atoms with Gasteiger partial charge in [0, 0.05) is 5.02 Å². The number of hydrogen-bond acceptors (Lipinski definition) is 4. The highest BCUT2D eigenvalue weighted by Gasteiger charge is 2.29. The third-order valence-electron chi connectivity index (χ3n) is 3.67. The number of rotatable bonds is 3. The van der Waals surface area contributed by atoms with E-state index < -0.39 is 23.8 Å². The summed E-state index contributed by atoms with van der Waals surface area (Å²) in [6.07, 6.45) is -0.294. The van der Waals surface area contributed by atoms with Crippen LogP contribution in [-0.4, -0.2) is 28.9 Å². The average Bonchev–Trinajstić information content (AvgIpc) is 2.68. The molecule has 0 saturated carbocycles. The minimum absolute atomic E-state index is 0.126. The van der Waals surface area contributed by atoms with Crippen molar-refractivity contribution in [3.8, 4) is 5.75 Å². The summed E-state index contributed by atoms with van der Waals surface area (Å²) in [7, 11) is 0.